The summed E-state index contributed by atoms with van der Waals surface area (Å²) < 4.78 is 58.4. The minimum Gasteiger partial charge on any atom is -0.475 e. The Morgan fingerprint density at radius 1 is 1.45 bits per heavy atom. The van der Waals surface area contributed by atoms with Gasteiger partial charge in [0.1, 0.15) is 0 Å². The Morgan fingerprint density at radius 3 is 2.45 bits per heavy atom. The van der Waals surface area contributed by atoms with Gasteiger partial charge in [-0.05, 0) is 6.07 Å². The number of H-pyrrole nitrogens is 1. The molecule has 1 saturated heterocycles. The molecule has 1 aromatic heterocycles. The molecule has 114 valence electrons. The maximum atomic E-state index is 13.3. The molecule has 0 saturated carbocycles. The van der Waals surface area contributed by atoms with Gasteiger partial charge in [0, 0.05) is 31.4 Å². The number of hydrogen-bond acceptors (Lipinski definition) is 3. The van der Waals surface area contributed by atoms with Crippen LogP contribution in [-0.4, -0.2) is 46.5 Å². The quantitative estimate of drug-likeness (QED) is 0.691. The number of rotatable bonds is 1. The summed E-state index contributed by atoms with van der Waals surface area (Å²) >= 11 is 0. The van der Waals surface area contributed by atoms with Gasteiger partial charge in [-0.15, -0.1) is 0 Å². The molecule has 5 nitrogen and oxygen atoms in total. The topological polar surface area (TPSA) is 78.0 Å². The van der Waals surface area contributed by atoms with Crippen LogP contribution in [0.2, 0.25) is 0 Å². The van der Waals surface area contributed by atoms with Gasteiger partial charge in [-0.25, -0.2) is 13.6 Å². The first-order valence-corrected chi connectivity index (χ1v) is 5.52. The number of nitrogens with one attached hydrogen (secondary N) is 2. The normalized spacial score (nSPS) is 21.8. The predicted molar refractivity (Wildman–Crippen MR) is 57.5 cm³/mol. The van der Waals surface area contributed by atoms with E-state index in [1.807, 2.05) is 0 Å². The van der Waals surface area contributed by atoms with Crippen molar-refractivity contribution in [1.29, 1.82) is 0 Å². The highest BCUT2D eigenvalue weighted by Crippen LogP contribution is 2.36. The lowest BCUT2D eigenvalue weighted by Crippen LogP contribution is -2.43. The molecule has 20 heavy (non-hydrogen) atoms. The third-order valence-electron chi connectivity index (χ3n) is 2.63. The lowest BCUT2D eigenvalue weighted by molar-refractivity contribution is -0.192. The fraction of sp³-hybridized carbons (Fsp3) is 0.600. The highest BCUT2D eigenvalue weighted by atomic mass is 19.4. The Morgan fingerprint density at radius 2 is 2.05 bits per heavy atom. The number of carboxylic acid groups (broad SMARTS) is 1. The maximum Gasteiger partial charge on any atom is 0.490 e. The highest BCUT2D eigenvalue weighted by molar-refractivity contribution is 5.73. The number of aliphatic carboxylic acids is 1. The van der Waals surface area contributed by atoms with Gasteiger partial charge in [0.2, 0.25) is 0 Å². The zero-order valence-corrected chi connectivity index (χ0v) is 10.0. The predicted octanol–water partition coefficient (Wildman–Crippen LogP) is 1.76. The Labute approximate surface area is 110 Å². The van der Waals surface area contributed by atoms with E-state index in [9.17, 15) is 22.0 Å². The number of nitrogens with zero attached hydrogens (tertiary/aromatic N) is 1. The molecule has 2 rings (SSSR count). The van der Waals surface area contributed by atoms with E-state index in [-0.39, 0.29) is 6.42 Å². The van der Waals surface area contributed by atoms with Crippen molar-refractivity contribution in [2.75, 3.05) is 13.1 Å². The molecule has 1 unspecified atom stereocenters. The summed E-state index contributed by atoms with van der Waals surface area (Å²) in [6.07, 6.45) is -3.68. The van der Waals surface area contributed by atoms with Crippen LogP contribution >= 0.6 is 0 Å². The van der Waals surface area contributed by atoms with Crippen molar-refractivity contribution in [2.45, 2.75) is 24.4 Å². The second kappa shape index (κ2) is 6.16. The number of aromatic amines is 1. The lowest BCUT2D eigenvalue weighted by Gasteiger charge is -2.30. The second-order valence-corrected chi connectivity index (χ2v) is 4.08. The average molecular weight is 301 g/mol. The van der Waals surface area contributed by atoms with Crippen LogP contribution in [0.15, 0.2) is 12.3 Å². The van der Waals surface area contributed by atoms with Crippen molar-refractivity contribution in [3.05, 3.63) is 18.0 Å². The lowest BCUT2D eigenvalue weighted by atomic mass is 9.92. The third-order valence-corrected chi connectivity index (χ3v) is 2.63. The molecule has 0 amide bonds. The van der Waals surface area contributed by atoms with Crippen molar-refractivity contribution in [1.82, 2.24) is 15.5 Å². The summed E-state index contributed by atoms with van der Waals surface area (Å²) in [6.45, 7) is 0.701. The summed E-state index contributed by atoms with van der Waals surface area (Å²) in [5.74, 6) is -6.13. The second-order valence-electron chi connectivity index (χ2n) is 4.08. The Balaban J connectivity index is 0.000000246. The third kappa shape index (κ3) is 4.44. The molecule has 10 heteroatoms. The average Bonchev–Trinajstić information content (AvgIpc) is 2.81. The van der Waals surface area contributed by atoms with E-state index in [1.54, 1.807) is 6.07 Å². The first-order valence-electron chi connectivity index (χ1n) is 5.52. The molecule has 2 heterocycles. The van der Waals surface area contributed by atoms with Crippen molar-refractivity contribution in [3.63, 3.8) is 0 Å². The van der Waals surface area contributed by atoms with E-state index in [0.29, 0.717) is 18.8 Å². The number of carbonyl (C=O) groups is 1. The van der Waals surface area contributed by atoms with E-state index in [0.717, 1.165) is 0 Å². The SMILES string of the molecule is FC1(F)CCNCC1c1ccn[nH]1.O=C(O)C(F)(F)F. The largest absolute Gasteiger partial charge is 0.490 e. The van der Waals surface area contributed by atoms with Crippen LogP contribution < -0.4 is 5.32 Å². The van der Waals surface area contributed by atoms with Crippen LogP contribution in [0.3, 0.4) is 0 Å². The minimum absolute atomic E-state index is 0.101. The molecule has 3 N–H and O–H groups in total. The Kier molecular flexibility index (Phi) is 5.03. The van der Waals surface area contributed by atoms with E-state index in [2.05, 4.69) is 15.5 Å². The fourth-order valence-corrected chi connectivity index (χ4v) is 1.62. The van der Waals surface area contributed by atoms with Crippen LogP contribution in [-0.2, 0) is 4.79 Å². The fourth-order valence-electron chi connectivity index (χ4n) is 1.62. The summed E-state index contributed by atoms with van der Waals surface area (Å²) in [7, 11) is 0. The summed E-state index contributed by atoms with van der Waals surface area (Å²) in [6, 6.07) is 1.60. The highest BCUT2D eigenvalue weighted by Gasteiger charge is 2.43. The molecule has 0 aliphatic carbocycles. The van der Waals surface area contributed by atoms with Crippen LogP contribution in [0.4, 0.5) is 22.0 Å². The number of hydrogen-bond donors (Lipinski definition) is 3. The Bertz CT molecular complexity index is 433. The number of alkyl halides is 5. The summed E-state index contributed by atoms with van der Waals surface area (Å²) in [5, 5.41) is 16.3. The van der Waals surface area contributed by atoms with Crippen LogP contribution in [0.25, 0.3) is 0 Å². The van der Waals surface area contributed by atoms with Gasteiger partial charge in [-0.3, -0.25) is 5.10 Å². The van der Waals surface area contributed by atoms with E-state index in [4.69, 9.17) is 9.90 Å². The molecule has 1 aliphatic heterocycles. The number of carboxylic acids is 1. The minimum atomic E-state index is -5.08. The molecule has 1 atom stereocenters. The summed E-state index contributed by atoms with van der Waals surface area (Å²) in [5.41, 5.74) is 0.511. The molecule has 0 bridgehead atoms. The van der Waals surface area contributed by atoms with E-state index < -0.39 is 24.0 Å². The summed E-state index contributed by atoms with van der Waals surface area (Å²) in [4.78, 5) is 8.90. The van der Waals surface area contributed by atoms with Gasteiger partial charge in [-0.2, -0.15) is 18.3 Å². The molecule has 0 aromatic carbocycles. The Hall–Kier alpha value is -1.71. The zero-order valence-electron chi connectivity index (χ0n) is 10.0. The van der Waals surface area contributed by atoms with Gasteiger partial charge in [-0.1, -0.05) is 0 Å². The molecule has 1 aliphatic rings. The van der Waals surface area contributed by atoms with Gasteiger partial charge in [0.05, 0.1) is 5.92 Å². The molecule has 1 aromatic rings. The van der Waals surface area contributed by atoms with E-state index >= 15 is 0 Å². The number of halogens is 5. The van der Waals surface area contributed by atoms with Crippen molar-refractivity contribution >= 4 is 5.97 Å². The van der Waals surface area contributed by atoms with Crippen molar-refractivity contribution in [2.24, 2.45) is 0 Å². The molecule has 0 radical (unpaired) electrons. The van der Waals surface area contributed by atoms with Crippen LogP contribution in [0.5, 0.6) is 0 Å². The molecular weight excluding hydrogens is 289 g/mol. The van der Waals surface area contributed by atoms with Crippen molar-refractivity contribution in [3.8, 4) is 0 Å². The van der Waals surface area contributed by atoms with E-state index in [1.165, 1.54) is 6.20 Å². The zero-order chi connectivity index (χ0) is 15.4. The molecule has 0 spiro atoms. The first-order chi connectivity index (χ1) is 9.14. The smallest absolute Gasteiger partial charge is 0.475 e. The van der Waals surface area contributed by atoms with Crippen LogP contribution in [0, 0.1) is 0 Å². The number of aromatic nitrogens is 2. The van der Waals surface area contributed by atoms with Gasteiger partial charge in [0.25, 0.3) is 5.92 Å². The van der Waals surface area contributed by atoms with Crippen LogP contribution in [0.1, 0.15) is 18.0 Å². The molecule has 1 fully saturated rings. The van der Waals surface area contributed by atoms with Gasteiger partial charge >= 0.3 is 12.1 Å². The van der Waals surface area contributed by atoms with Gasteiger partial charge < -0.3 is 10.4 Å². The number of piperidine rings is 1. The van der Waals surface area contributed by atoms with Gasteiger partial charge in [0.15, 0.2) is 0 Å². The standard InChI is InChI=1S/C8H11F2N3.C2HF3O2/c9-8(10)2-4-11-5-6(8)7-1-3-12-13-7;3-2(4,5)1(6)7/h1,3,6,11H,2,4-5H2,(H,12,13);(H,6,7). The molecular formula is C10H12F5N3O2. The monoisotopic (exact) mass is 301 g/mol. The first kappa shape index (κ1) is 16.3. The van der Waals surface area contributed by atoms with Crippen molar-refractivity contribution < 1.29 is 31.9 Å². The maximum absolute atomic E-state index is 13.3.